The number of Topliss-reactive ketones (excluding diaryl/α,β-unsaturated/α-hetero) is 1. The van der Waals surface area contributed by atoms with Crippen LogP contribution in [0, 0.1) is 0 Å². The minimum Gasteiger partial charge on any atom is -0.300 e. The van der Waals surface area contributed by atoms with Crippen LogP contribution in [0.25, 0.3) is 16.5 Å². The number of hydrogen-bond donors (Lipinski definition) is 0. The molecule has 0 amide bonds. The van der Waals surface area contributed by atoms with Crippen LogP contribution in [0.1, 0.15) is 25.3 Å². The predicted octanol–water partition coefficient (Wildman–Crippen LogP) is 3.75. The van der Waals surface area contributed by atoms with Gasteiger partial charge < -0.3 is 0 Å². The van der Waals surface area contributed by atoms with E-state index < -0.39 is 0 Å². The average Bonchev–Trinajstić information content (AvgIpc) is 2.35. The van der Waals surface area contributed by atoms with E-state index in [1.165, 1.54) is 0 Å². The quantitative estimate of drug-likeness (QED) is 0.416. The molecular weight excluding hydrogens is 214 g/mol. The van der Waals surface area contributed by atoms with E-state index >= 15 is 0 Å². The van der Waals surface area contributed by atoms with Gasteiger partial charge in [-0.25, -0.2) is 0 Å². The van der Waals surface area contributed by atoms with Gasteiger partial charge in [0.1, 0.15) is 5.78 Å². The van der Waals surface area contributed by atoms with Crippen LogP contribution in [-0.4, -0.2) is 12.3 Å². The number of azide groups is 1. The highest BCUT2D eigenvalue weighted by atomic mass is 16.1. The Morgan fingerprint density at radius 2 is 2.06 bits per heavy atom. The van der Waals surface area contributed by atoms with Gasteiger partial charge in [0.2, 0.25) is 0 Å². The van der Waals surface area contributed by atoms with Gasteiger partial charge in [0.25, 0.3) is 0 Å². The maximum Gasteiger partial charge on any atom is 0.139 e. The average molecular weight is 229 g/mol. The lowest BCUT2D eigenvalue weighted by atomic mass is 10.1. The summed E-state index contributed by atoms with van der Waals surface area (Å²) in [7, 11) is 0. The van der Waals surface area contributed by atoms with Gasteiger partial charge >= 0.3 is 0 Å². The van der Waals surface area contributed by atoms with Crippen molar-refractivity contribution in [1.82, 2.24) is 0 Å². The molecule has 88 valence electrons. The number of hydrogen-bond acceptors (Lipinski definition) is 2. The van der Waals surface area contributed by atoms with Crippen LogP contribution in [0.5, 0.6) is 0 Å². The van der Waals surface area contributed by atoms with Crippen molar-refractivity contribution in [2.75, 3.05) is 6.54 Å². The molecule has 17 heavy (non-hydrogen) atoms. The number of carbonyl (C=O) groups excluding carboxylic acids is 1. The zero-order valence-corrected chi connectivity index (χ0v) is 9.84. The van der Waals surface area contributed by atoms with Gasteiger partial charge in [-0.05, 0) is 24.4 Å². The van der Waals surface area contributed by atoms with Crippen molar-refractivity contribution in [3.8, 4) is 0 Å². The van der Waals surface area contributed by atoms with Crippen LogP contribution in [0.15, 0.2) is 41.0 Å². The van der Waals surface area contributed by atoms with E-state index in [1.54, 1.807) is 0 Å². The van der Waals surface area contributed by atoms with Gasteiger partial charge in [-0.1, -0.05) is 47.1 Å². The first-order valence-electron chi connectivity index (χ1n) is 5.47. The van der Waals surface area contributed by atoms with Gasteiger partial charge in [0.05, 0.1) is 6.54 Å². The normalized spacial score (nSPS) is 10.8. The summed E-state index contributed by atoms with van der Waals surface area (Å²) in [5.41, 5.74) is 10.4. The fraction of sp³-hybridized carbons (Fsp3) is 0.308. The molecule has 4 heteroatoms. The Balaban J connectivity index is 2.44. The molecule has 4 nitrogen and oxygen atoms in total. The van der Waals surface area contributed by atoms with E-state index in [1.807, 2.05) is 37.3 Å². The number of ketones is 1. The summed E-state index contributed by atoms with van der Waals surface area (Å²) in [5, 5.41) is 3.25. The minimum atomic E-state index is -0.0465. The van der Waals surface area contributed by atoms with Crippen molar-refractivity contribution in [3.63, 3.8) is 0 Å². The third-order valence-electron chi connectivity index (χ3n) is 2.32. The zero-order valence-electron chi connectivity index (χ0n) is 9.84. The molecule has 0 fully saturated rings. The molecule has 0 saturated carbocycles. The largest absolute Gasteiger partial charge is 0.300 e. The second-order valence-electron chi connectivity index (χ2n) is 3.83. The summed E-state index contributed by atoms with van der Waals surface area (Å²) in [6.07, 6.45) is 3.18. The van der Waals surface area contributed by atoms with Crippen molar-refractivity contribution in [2.24, 2.45) is 5.11 Å². The van der Waals surface area contributed by atoms with Crippen LogP contribution in [0.3, 0.4) is 0 Å². The maximum atomic E-state index is 11.3. The van der Waals surface area contributed by atoms with Crippen molar-refractivity contribution in [1.29, 1.82) is 0 Å². The summed E-state index contributed by atoms with van der Waals surface area (Å²) in [4.78, 5) is 13.8. The van der Waals surface area contributed by atoms with Gasteiger partial charge in [0, 0.05) is 11.3 Å². The summed E-state index contributed by atoms with van der Waals surface area (Å²) in [6, 6.07) is 9.96. The molecule has 0 aromatic heterocycles. The molecule has 1 rings (SSSR count). The molecule has 1 aromatic carbocycles. The van der Waals surface area contributed by atoms with E-state index in [0.717, 1.165) is 11.1 Å². The third kappa shape index (κ3) is 5.54. The SMILES string of the molecule is C/C(=C\c1ccccc1)CCC(=O)CN=[N+]=[N-]. The Morgan fingerprint density at radius 3 is 2.71 bits per heavy atom. The Bertz CT molecular complexity index is 445. The molecule has 0 bridgehead atoms. The highest BCUT2D eigenvalue weighted by Crippen LogP contribution is 2.11. The second kappa shape index (κ2) is 7.25. The fourth-order valence-electron chi connectivity index (χ4n) is 1.43. The van der Waals surface area contributed by atoms with Gasteiger partial charge in [-0.3, -0.25) is 4.79 Å². The van der Waals surface area contributed by atoms with Crippen LogP contribution < -0.4 is 0 Å². The lowest BCUT2D eigenvalue weighted by Gasteiger charge is -2.00. The second-order valence-corrected chi connectivity index (χ2v) is 3.83. The molecule has 0 aliphatic carbocycles. The summed E-state index contributed by atoms with van der Waals surface area (Å²) in [5.74, 6) is -0.0244. The zero-order chi connectivity index (χ0) is 12.5. The Hall–Kier alpha value is -2.06. The standard InChI is InChI=1S/C13H15N3O/c1-11(7-8-13(17)10-15-16-14)9-12-5-3-2-4-6-12/h2-6,9H,7-8,10H2,1H3/b11-9+. The van der Waals surface area contributed by atoms with Crippen molar-refractivity contribution < 1.29 is 4.79 Å². The molecule has 0 spiro atoms. The van der Waals surface area contributed by atoms with E-state index in [-0.39, 0.29) is 12.3 Å². The molecule has 0 heterocycles. The van der Waals surface area contributed by atoms with Crippen molar-refractivity contribution in [3.05, 3.63) is 51.9 Å². The third-order valence-corrected chi connectivity index (χ3v) is 2.32. The van der Waals surface area contributed by atoms with Crippen LogP contribution in [0.2, 0.25) is 0 Å². The van der Waals surface area contributed by atoms with Crippen LogP contribution >= 0.6 is 0 Å². The van der Waals surface area contributed by atoms with Gasteiger partial charge in [0.15, 0.2) is 0 Å². The molecule has 0 aliphatic rings. The maximum absolute atomic E-state index is 11.3. The summed E-state index contributed by atoms with van der Waals surface area (Å²) in [6.45, 7) is 1.95. The molecule has 0 radical (unpaired) electrons. The molecule has 0 saturated heterocycles. The topological polar surface area (TPSA) is 65.8 Å². The summed E-state index contributed by atoms with van der Waals surface area (Å²) < 4.78 is 0. The first kappa shape index (κ1) is 13.0. The van der Waals surface area contributed by atoms with Crippen molar-refractivity contribution in [2.45, 2.75) is 19.8 Å². The van der Waals surface area contributed by atoms with E-state index in [0.29, 0.717) is 12.8 Å². The number of benzene rings is 1. The molecular formula is C13H15N3O. The van der Waals surface area contributed by atoms with E-state index in [9.17, 15) is 4.79 Å². The number of carbonyl (C=O) groups is 1. The number of nitrogens with zero attached hydrogens (tertiary/aromatic N) is 3. The molecule has 0 unspecified atom stereocenters. The molecule has 1 aromatic rings. The molecule has 0 atom stereocenters. The molecule has 0 N–H and O–H groups in total. The lowest BCUT2D eigenvalue weighted by Crippen LogP contribution is -2.01. The highest BCUT2D eigenvalue weighted by Gasteiger charge is 2.00. The number of allylic oxidation sites excluding steroid dienone is 1. The van der Waals surface area contributed by atoms with Gasteiger partial charge in [-0.2, -0.15) is 0 Å². The van der Waals surface area contributed by atoms with Crippen LogP contribution in [0.4, 0.5) is 0 Å². The first-order valence-corrected chi connectivity index (χ1v) is 5.47. The first-order chi connectivity index (χ1) is 8.22. The molecule has 0 aliphatic heterocycles. The van der Waals surface area contributed by atoms with Gasteiger partial charge in [-0.15, -0.1) is 0 Å². The van der Waals surface area contributed by atoms with Crippen LogP contribution in [-0.2, 0) is 4.79 Å². The Kier molecular flexibility index (Phi) is 5.55. The fourth-order valence-corrected chi connectivity index (χ4v) is 1.43. The van der Waals surface area contributed by atoms with E-state index in [2.05, 4.69) is 16.1 Å². The van der Waals surface area contributed by atoms with E-state index in [4.69, 9.17) is 5.53 Å². The smallest absolute Gasteiger partial charge is 0.139 e. The highest BCUT2D eigenvalue weighted by molar-refractivity contribution is 5.80. The Labute approximate surface area is 101 Å². The number of rotatable bonds is 6. The predicted molar refractivity (Wildman–Crippen MR) is 68.3 cm³/mol. The minimum absolute atomic E-state index is 0.0244. The summed E-state index contributed by atoms with van der Waals surface area (Å²) >= 11 is 0. The monoisotopic (exact) mass is 229 g/mol. The van der Waals surface area contributed by atoms with Crippen molar-refractivity contribution >= 4 is 11.9 Å². The lowest BCUT2D eigenvalue weighted by molar-refractivity contribution is -0.117. The Morgan fingerprint density at radius 1 is 1.35 bits per heavy atom.